The maximum atomic E-state index is 12.9. The van der Waals surface area contributed by atoms with Crippen molar-refractivity contribution < 1.29 is 14.3 Å². The monoisotopic (exact) mass is 373 g/mol. The normalized spacial score (nSPS) is 25.8. The molecule has 1 N–H and O–H groups in total. The Morgan fingerprint density at radius 3 is 2.26 bits per heavy atom. The number of nitrogens with one attached hydrogen (secondary N) is 1. The topological polar surface area (TPSA) is 61.9 Å². The lowest BCUT2D eigenvalue weighted by Gasteiger charge is -2.40. The number of hydrogen-bond acceptors (Lipinski definition) is 4. The first-order chi connectivity index (χ1) is 12.9. The molecule has 1 aromatic carbocycles. The first-order valence-corrected chi connectivity index (χ1v) is 9.98. The fourth-order valence-corrected chi connectivity index (χ4v) is 4.07. The minimum absolute atomic E-state index is 0.0190. The van der Waals surface area contributed by atoms with Crippen LogP contribution in [0, 0.1) is 0 Å². The van der Waals surface area contributed by atoms with Crippen LogP contribution in [0.4, 0.5) is 0 Å². The predicted octanol–water partition coefficient (Wildman–Crippen LogP) is 1.91. The molecule has 0 aromatic heterocycles. The van der Waals surface area contributed by atoms with E-state index >= 15 is 0 Å². The summed E-state index contributed by atoms with van der Waals surface area (Å²) in [6, 6.07) is 9.35. The summed E-state index contributed by atoms with van der Waals surface area (Å²) in [6.45, 7) is 9.00. The second-order valence-electron chi connectivity index (χ2n) is 7.83. The van der Waals surface area contributed by atoms with E-state index < -0.39 is 0 Å². The van der Waals surface area contributed by atoms with Gasteiger partial charge in [0.2, 0.25) is 5.91 Å². The van der Waals surface area contributed by atoms with E-state index in [4.69, 9.17) is 4.74 Å². The maximum absolute atomic E-state index is 12.9. The van der Waals surface area contributed by atoms with Crippen molar-refractivity contribution in [2.24, 2.45) is 0 Å². The molecule has 148 valence electrons. The predicted molar refractivity (Wildman–Crippen MR) is 105 cm³/mol. The van der Waals surface area contributed by atoms with Crippen molar-refractivity contribution in [3.8, 4) is 0 Å². The van der Waals surface area contributed by atoms with Gasteiger partial charge in [-0.3, -0.25) is 14.5 Å². The van der Waals surface area contributed by atoms with Gasteiger partial charge in [0.05, 0.1) is 18.2 Å². The van der Waals surface area contributed by atoms with Crippen LogP contribution in [0.1, 0.15) is 44.0 Å². The molecule has 2 amide bonds. The fraction of sp³-hybridized carbons (Fsp3) is 0.619. The second-order valence-corrected chi connectivity index (χ2v) is 7.83. The highest BCUT2D eigenvalue weighted by atomic mass is 16.5. The molecule has 27 heavy (non-hydrogen) atoms. The zero-order chi connectivity index (χ0) is 19.4. The highest BCUT2D eigenvalue weighted by molar-refractivity contribution is 5.94. The van der Waals surface area contributed by atoms with Gasteiger partial charge in [-0.05, 0) is 45.7 Å². The first-order valence-electron chi connectivity index (χ1n) is 9.98. The van der Waals surface area contributed by atoms with Gasteiger partial charge in [-0.1, -0.05) is 18.2 Å². The molecular weight excluding hydrogens is 342 g/mol. The number of piperidine rings is 1. The molecule has 6 nitrogen and oxygen atoms in total. The number of carbonyl (C=O) groups is 2. The number of rotatable bonds is 4. The van der Waals surface area contributed by atoms with Crippen LogP contribution < -0.4 is 5.32 Å². The Morgan fingerprint density at radius 2 is 1.67 bits per heavy atom. The summed E-state index contributed by atoms with van der Waals surface area (Å²) in [7, 11) is 0. The van der Waals surface area contributed by atoms with Crippen molar-refractivity contribution in [1.82, 2.24) is 15.1 Å². The summed E-state index contributed by atoms with van der Waals surface area (Å²) in [4.78, 5) is 29.4. The van der Waals surface area contributed by atoms with Crippen LogP contribution >= 0.6 is 0 Å². The Balaban J connectivity index is 1.48. The SMILES string of the molecule is C[C@@H]1CN(C(=O)[C@@H](C)N2CCC(NC(=O)c3ccccc3)CC2)C[C@H](C)O1. The van der Waals surface area contributed by atoms with E-state index in [9.17, 15) is 9.59 Å². The molecule has 3 atom stereocenters. The van der Waals surface area contributed by atoms with Gasteiger partial charge in [0.15, 0.2) is 0 Å². The highest BCUT2D eigenvalue weighted by Crippen LogP contribution is 2.18. The summed E-state index contributed by atoms with van der Waals surface area (Å²) in [5.41, 5.74) is 0.694. The number of ether oxygens (including phenoxy) is 1. The van der Waals surface area contributed by atoms with E-state index in [0.29, 0.717) is 18.7 Å². The van der Waals surface area contributed by atoms with Gasteiger partial charge in [-0.25, -0.2) is 0 Å². The number of nitrogens with zero attached hydrogens (tertiary/aromatic N) is 2. The van der Waals surface area contributed by atoms with E-state index in [1.54, 1.807) is 0 Å². The molecule has 0 unspecified atom stereocenters. The van der Waals surface area contributed by atoms with Crippen molar-refractivity contribution in [2.75, 3.05) is 26.2 Å². The van der Waals surface area contributed by atoms with E-state index in [1.165, 1.54) is 0 Å². The average Bonchev–Trinajstić information content (AvgIpc) is 2.67. The molecule has 2 heterocycles. The third-order valence-electron chi connectivity index (χ3n) is 5.54. The number of amides is 2. The van der Waals surface area contributed by atoms with Gasteiger partial charge >= 0.3 is 0 Å². The summed E-state index contributed by atoms with van der Waals surface area (Å²) < 4.78 is 5.73. The van der Waals surface area contributed by atoms with Gasteiger partial charge in [-0.15, -0.1) is 0 Å². The Labute approximate surface area is 161 Å². The minimum atomic E-state index is -0.131. The molecule has 0 radical (unpaired) electrons. The average molecular weight is 373 g/mol. The van der Waals surface area contributed by atoms with Crippen molar-refractivity contribution >= 4 is 11.8 Å². The van der Waals surface area contributed by atoms with Crippen LogP contribution in [0.3, 0.4) is 0 Å². The third kappa shape index (κ3) is 5.08. The number of carbonyl (C=O) groups excluding carboxylic acids is 2. The van der Waals surface area contributed by atoms with Gasteiger partial charge in [-0.2, -0.15) is 0 Å². The molecule has 0 aliphatic carbocycles. The fourth-order valence-electron chi connectivity index (χ4n) is 4.07. The number of benzene rings is 1. The number of morpholine rings is 1. The molecule has 2 saturated heterocycles. The first kappa shape index (κ1) is 19.8. The lowest BCUT2D eigenvalue weighted by molar-refractivity contribution is -0.148. The second kappa shape index (κ2) is 8.85. The van der Waals surface area contributed by atoms with Crippen LogP contribution in [0.2, 0.25) is 0 Å². The number of hydrogen-bond donors (Lipinski definition) is 1. The Bertz CT molecular complexity index is 633. The van der Waals surface area contributed by atoms with Crippen LogP contribution in [-0.2, 0) is 9.53 Å². The molecule has 2 fully saturated rings. The molecule has 1 aromatic rings. The quantitative estimate of drug-likeness (QED) is 0.876. The third-order valence-corrected chi connectivity index (χ3v) is 5.54. The van der Waals surface area contributed by atoms with Gasteiger partial charge in [0, 0.05) is 37.8 Å². The van der Waals surface area contributed by atoms with E-state index in [-0.39, 0.29) is 36.1 Å². The van der Waals surface area contributed by atoms with E-state index in [2.05, 4.69) is 10.2 Å². The Kier molecular flexibility index (Phi) is 6.50. The minimum Gasteiger partial charge on any atom is -0.372 e. The van der Waals surface area contributed by atoms with Crippen molar-refractivity contribution in [3.63, 3.8) is 0 Å². The summed E-state index contributed by atoms with van der Waals surface area (Å²) >= 11 is 0. The lowest BCUT2D eigenvalue weighted by Crippen LogP contribution is -2.56. The molecular formula is C21H31N3O3. The molecule has 2 aliphatic heterocycles. The molecule has 6 heteroatoms. The molecule has 0 bridgehead atoms. The molecule has 2 aliphatic rings. The zero-order valence-corrected chi connectivity index (χ0v) is 16.6. The summed E-state index contributed by atoms with van der Waals surface area (Å²) in [5.74, 6) is 0.165. The smallest absolute Gasteiger partial charge is 0.251 e. The largest absolute Gasteiger partial charge is 0.372 e. The Morgan fingerprint density at radius 1 is 1.07 bits per heavy atom. The van der Waals surface area contributed by atoms with Crippen molar-refractivity contribution in [1.29, 1.82) is 0 Å². The zero-order valence-electron chi connectivity index (χ0n) is 16.6. The Hall–Kier alpha value is -1.92. The van der Waals surface area contributed by atoms with Gasteiger partial charge < -0.3 is 15.0 Å². The van der Waals surface area contributed by atoms with E-state index in [1.807, 2.05) is 56.0 Å². The van der Waals surface area contributed by atoms with Crippen LogP contribution in [0.5, 0.6) is 0 Å². The summed E-state index contributed by atoms with van der Waals surface area (Å²) in [6.07, 6.45) is 1.91. The number of likely N-dealkylation sites (tertiary alicyclic amines) is 1. The van der Waals surface area contributed by atoms with Crippen LogP contribution in [0.25, 0.3) is 0 Å². The highest BCUT2D eigenvalue weighted by Gasteiger charge is 2.33. The van der Waals surface area contributed by atoms with Gasteiger partial charge in [0.1, 0.15) is 0 Å². The van der Waals surface area contributed by atoms with Crippen LogP contribution in [0.15, 0.2) is 30.3 Å². The van der Waals surface area contributed by atoms with Gasteiger partial charge in [0.25, 0.3) is 5.91 Å². The molecule has 3 rings (SSSR count). The van der Waals surface area contributed by atoms with E-state index in [0.717, 1.165) is 25.9 Å². The maximum Gasteiger partial charge on any atom is 0.251 e. The summed E-state index contributed by atoms with van der Waals surface area (Å²) in [5, 5.41) is 3.12. The van der Waals surface area contributed by atoms with Crippen LogP contribution in [-0.4, -0.2) is 72.1 Å². The lowest BCUT2D eigenvalue weighted by atomic mass is 10.0. The van der Waals surface area contributed by atoms with Crippen molar-refractivity contribution in [2.45, 2.75) is 57.9 Å². The van der Waals surface area contributed by atoms with Crippen molar-refractivity contribution in [3.05, 3.63) is 35.9 Å². The standard InChI is InChI=1S/C21H31N3O3/c1-15-13-24(14-16(2)27-15)21(26)17(3)23-11-9-19(10-12-23)22-20(25)18-7-5-4-6-8-18/h4-8,15-17,19H,9-14H2,1-3H3,(H,22,25)/t15-,16+,17-/m1/s1. The molecule has 0 spiro atoms. The molecule has 0 saturated carbocycles.